The van der Waals surface area contributed by atoms with Crippen molar-refractivity contribution >= 4 is 39.9 Å². The van der Waals surface area contributed by atoms with E-state index in [0.29, 0.717) is 34.3 Å². The minimum absolute atomic E-state index is 0.0413. The molecular weight excluding hydrogens is 430 g/mol. The topological polar surface area (TPSA) is 82.8 Å². The van der Waals surface area contributed by atoms with Crippen LogP contribution < -0.4 is 10.3 Å². The summed E-state index contributed by atoms with van der Waals surface area (Å²) in [5, 5.41) is 10.1. The number of carboxylic acid groups (broad SMARTS) is 1. The Morgan fingerprint density at radius 1 is 1.16 bits per heavy atom. The van der Waals surface area contributed by atoms with Gasteiger partial charge in [0.1, 0.15) is 5.56 Å². The molecule has 3 atom stereocenters. The molecule has 7 nitrogen and oxygen atoms in total. The molecule has 1 aromatic heterocycles. The molecule has 1 N–H and O–H groups in total. The van der Waals surface area contributed by atoms with Gasteiger partial charge in [-0.25, -0.2) is 4.79 Å². The molecule has 1 aromatic carbocycles. The highest BCUT2D eigenvalue weighted by Gasteiger charge is 2.37. The van der Waals surface area contributed by atoms with Crippen molar-refractivity contribution in [2.45, 2.75) is 65.1 Å². The fourth-order valence-electron chi connectivity index (χ4n) is 5.58. The van der Waals surface area contributed by atoms with E-state index in [4.69, 9.17) is 11.6 Å². The third kappa shape index (κ3) is 3.42. The van der Waals surface area contributed by atoms with Crippen molar-refractivity contribution in [2.24, 2.45) is 0 Å². The Morgan fingerprint density at radius 3 is 2.44 bits per heavy atom. The first-order chi connectivity index (χ1) is 15.2. The smallest absolute Gasteiger partial charge is 0.341 e. The average molecular weight is 460 g/mol. The van der Waals surface area contributed by atoms with Crippen LogP contribution in [0.3, 0.4) is 0 Å². The Morgan fingerprint density at radius 2 is 1.84 bits per heavy atom. The molecule has 172 valence electrons. The standard InChI is InChI=1S/C24H30ClN3O4/c1-5-14-8-19(29)20-21-16(23(30)17(24(31)32)12-28(14)21)9-18(25)22(20)26-10-13(4)27(7-3)15(6-2)11-26/h9,12-15H,5-8,10-11H2,1-4H3,(H,31,32). The predicted molar refractivity (Wildman–Crippen MR) is 127 cm³/mol. The van der Waals surface area contributed by atoms with E-state index >= 15 is 0 Å². The van der Waals surface area contributed by atoms with Crippen molar-refractivity contribution < 1.29 is 14.7 Å². The highest BCUT2D eigenvalue weighted by atomic mass is 35.5. The van der Waals surface area contributed by atoms with Crippen LogP contribution in [-0.4, -0.2) is 58.0 Å². The molecule has 0 saturated carbocycles. The van der Waals surface area contributed by atoms with Crippen LogP contribution in [0.5, 0.6) is 0 Å². The molecule has 2 aliphatic rings. The average Bonchev–Trinajstić information content (AvgIpc) is 2.76. The molecule has 3 heterocycles. The van der Waals surface area contributed by atoms with Crippen molar-refractivity contribution in [1.29, 1.82) is 0 Å². The zero-order valence-corrected chi connectivity index (χ0v) is 19.8. The number of hydrogen-bond acceptors (Lipinski definition) is 5. The van der Waals surface area contributed by atoms with Crippen LogP contribution in [0.1, 0.15) is 73.7 Å². The monoisotopic (exact) mass is 459 g/mol. The highest BCUT2D eigenvalue weighted by Crippen LogP contribution is 2.42. The molecule has 4 rings (SSSR count). The van der Waals surface area contributed by atoms with E-state index in [-0.39, 0.29) is 35.2 Å². The number of halogens is 1. The summed E-state index contributed by atoms with van der Waals surface area (Å²) in [4.78, 5) is 42.8. The van der Waals surface area contributed by atoms with E-state index in [9.17, 15) is 19.5 Å². The largest absolute Gasteiger partial charge is 0.477 e. The number of rotatable bonds is 5. The lowest BCUT2D eigenvalue weighted by molar-refractivity contribution is 0.0694. The number of aromatic nitrogens is 1. The number of likely N-dealkylation sites (N-methyl/N-ethyl adjacent to an activating group) is 1. The van der Waals surface area contributed by atoms with Crippen molar-refractivity contribution in [1.82, 2.24) is 9.47 Å². The van der Waals surface area contributed by atoms with Gasteiger partial charge in [-0.2, -0.15) is 0 Å². The molecule has 32 heavy (non-hydrogen) atoms. The highest BCUT2D eigenvalue weighted by molar-refractivity contribution is 6.36. The lowest BCUT2D eigenvalue weighted by atomic mass is 9.90. The van der Waals surface area contributed by atoms with Crippen molar-refractivity contribution in [3.63, 3.8) is 0 Å². The quantitative estimate of drug-likeness (QED) is 0.721. The number of anilines is 1. The number of aromatic carboxylic acids is 1. The third-order valence-electron chi connectivity index (χ3n) is 7.14. The molecule has 0 aliphatic carbocycles. The molecule has 0 spiro atoms. The van der Waals surface area contributed by atoms with Crippen molar-refractivity contribution in [3.8, 4) is 0 Å². The van der Waals surface area contributed by atoms with Crippen LogP contribution in [0.25, 0.3) is 10.9 Å². The predicted octanol–water partition coefficient (Wildman–Crippen LogP) is 4.20. The summed E-state index contributed by atoms with van der Waals surface area (Å²) >= 11 is 6.74. The summed E-state index contributed by atoms with van der Waals surface area (Å²) in [6.45, 7) is 10.9. The van der Waals surface area contributed by atoms with Crippen LogP contribution in [0, 0.1) is 0 Å². The molecule has 3 unspecified atom stereocenters. The Bertz CT molecular complexity index is 1160. The number of pyridine rings is 1. The maximum Gasteiger partial charge on any atom is 0.341 e. The molecule has 2 aromatic rings. The summed E-state index contributed by atoms with van der Waals surface area (Å²) in [5.41, 5.74) is 0.755. The summed E-state index contributed by atoms with van der Waals surface area (Å²) in [7, 11) is 0. The van der Waals surface area contributed by atoms with Gasteiger partial charge in [0.25, 0.3) is 0 Å². The van der Waals surface area contributed by atoms with Gasteiger partial charge in [-0.3, -0.25) is 14.5 Å². The van der Waals surface area contributed by atoms with Gasteiger partial charge in [0.2, 0.25) is 5.43 Å². The molecular formula is C24H30ClN3O4. The van der Waals surface area contributed by atoms with Gasteiger partial charge in [-0.05, 0) is 32.4 Å². The number of Topliss-reactive ketones (excluding diaryl/α,β-unsaturated/α-hetero) is 1. The second kappa shape index (κ2) is 8.52. The minimum atomic E-state index is -1.27. The molecule has 1 fully saturated rings. The number of carboxylic acids is 1. The van der Waals surface area contributed by atoms with E-state index in [0.717, 1.165) is 26.1 Å². The van der Waals surface area contributed by atoms with Gasteiger partial charge in [-0.15, -0.1) is 0 Å². The first kappa shape index (κ1) is 22.8. The minimum Gasteiger partial charge on any atom is -0.477 e. The first-order valence-corrected chi connectivity index (χ1v) is 11.8. The number of nitrogens with zero attached hydrogens (tertiary/aromatic N) is 3. The lowest BCUT2D eigenvalue weighted by Crippen LogP contribution is -2.57. The Kier molecular flexibility index (Phi) is 6.07. The summed E-state index contributed by atoms with van der Waals surface area (Å²) < 4.78 is 1.82. The third-order valence-corrected chi connectivity index (χ3v) is 7.43. The number of ketones is 1. The second-order valence-electron chi connectivity index (χ2n) is 8.90. The van der Waals surface area contributed by atoms with Crippen LogP contribution in [0.4, 0.5) is 5.69 Å². The summed E-state index contributed by atoms with van der Waals surface area (Å²) in [6, 6.07) is 1.99. The van der Waals surface area contributed by atoms with Crippen LogP contribution in [0.15, 0.2) is 17.1 Å². The molecule has 0 bridgehead atoms. The molecule has 1 saturated heterocycles. The number of carbonyl (C=O) groups excluding carboxylic acids is 1. The zero-order chi connectivity index (χ0) is 23.3. The Hall–Kier alpha value is -2.38. The van der Waals surface area contributed by atoms with Crippen LogP contribution in [0.2, 0.25) is 5.02 Å². The maximum absolute atomic E-state index is 13.4. The Labute approximate surface area is 192 Å². The van der Waals surface area contributed by atoms with Gasteiger partial charge in [0.05, 0.1) is 21.8 Å². The summed E-state index contributed by atoms with van der Waals surface area (Å²) in [5.74, 6) is -1.31. The molecule has 0 amide bonds. The van der Waals surface area contributed by atoms with Gasteiger partial charge in [0.15, 0.2) is 5.78 Å². The van der Waals surface area contributed by atoms with Crippen molar-refractivity contribution in [2.75, 3.05) is 24.5 Å². The molecule has 8 heteroatoms. The SMILES string of the molecule is CCC1CN(c2c(Cl)cc3c(=O)c(C(=O)O)cn4c3c2C(=O)CC4CC)CC(C)N1CC. The van der Waals surface area contributed by atoms with E-state index < -0.39 is 11.4 Å². The fraction of sp³-hybridized carbons (Fsp3) is 0.542. The number of carbonyl (C=O) groups is 2. The van der Waals surface area contributed by atoms with E-state index in [1.165, 1.54) is 6.20 Å². The van der Waals surface area contributed by atoms with Gasteiger partial charge in [0, 0.05) is 49.2 Å². The van der Waals surface area contributed by atoms with E-state index in [1.807, 2.05) is 11.5 Å². The number of benzene rings is 1. The van der Waals surface area contributed by atoms with E-state index in [2.05, 4.69) is 30.6 Å². The van der Waals surface area contributed by atoms with Gasteiger partial charge in [-0.1, -0.05) is 32.4 Å². The molecule has 0 radical (unpaired) electrons. The lowest BCUT2D eigenvalue weighted by Gasteiger charge is -2.47. The number of piperazine rings is 1. The number of hydrogen-bond donors (Lipinski definition) is 1. The zero-order valence-electron chi connectivity index (χ0n) is 19.0. The van der Waals surface area contributed by atoms with Gasteiger partial charge < -0.3 is 14.6 Å². The van der Waals surface area contributed by atoms with Crippen LogP contribution in [-0.2, 0) is 0 Å². The van der Waals surface area contributed by atoms with Gasteiger partial charge >= 0.3 is 5.97 Å². The summed E-state index contributed by atoms with van der Waals surface area (Å²) in [6.07, 6.45) is 3.30. The normalized spacial score (nSPS) is 23.7. The first-order valence-electron chi connectivity index (χ1n) is 11.4. The van der Waals surface area contributed by atoms with Crippen LogP contribution >= 0.6 is 11.6 Å². The molecule has 2 aliphatic heterocycles. The second-order valence-corrected chi connectivity index (χ2v) is 9.31. The van der Waals surface area contributed by atoms with E-state index in [1.54, 1.807) is 6.07 Å². The Balaban J connectivity index is 2.00. The maximum atomic E-state index is 13.4. The van der Waals surface area contributed by atoms with Crippen molar-refractivity contribution in [3.05, 3.63) is 38.6 Å². The fourth-order valence-corrected chi connectivity index (χ4v) is 5.90.